The molecule has 0 unspecified atom stereocenters. The average molecular weight is 423 g/mol. The summed E-state index contributed by atoms with van der Waals surface area (Å²) in [6, 6.07) is 25.2. The Kier molecular flexibility index (Phi) is 6.22. The Hall–Kier alpha value is -4.45. The van der Waals surface area contributed by atoms with Gasteiger partial charge in [0.05, 0.1) is 23.0 Å². The van der Waals surface area contributed by atoms with Gasteiger partial charge in [-0.05, 0) is 61.0 Å². The van der Waals surface area contributed by atoms with E-state index in [2.05, 4.69) is 10.5 Å². The molecule has 1 aromatic heterocycles. The summed E-state index contributed by atoms with van der Waals surface area (Å²) < 4.78 is 7.31. The second-order valence-electron chi connectivity index (χ2n) is 7.13. The molecule has 0 saturated carbocycles. The first-order valence-electron chi connectivity index (χ1n) is 10.0. The zero-order chi connectivity index (χ0) is 22.3. The van der Waals surface area contributed by atoms with Crippen LogP contribution in [0.2, 0.25) is 0 Å². The van der Waals surface area contributed by atoms with Crippen LogP contribution in [0, 0.1) is 6.92 Å². The molecule has 0 spiro atoms. The average Bonchev–Trinajstić information content (AvgIpc) is 3.34. The number of aryl methyl sites for hydroxylation is 1. The molecule has 1 N–H and O–H groups in total. The number of nitrogens with zero attached hydrogens (tertiary/aromatic N) is 2. The molecule has 0 radical (unpaired) electrons. The van der Waals surface area contributed by atoms with Crippen LogP contribution in [0.1, 0.15) is 31.8 Å². The summed E-state index contributed by atoms with van der Waals surface area (Å²) in [5, 5.41) is 4.05. The lowest BCUT2D eigenvalue weighted by molar-refractivity contribution is 0.0734. The number of aromatic nitrogens is 1. The maximum absolute atomic E-state index is 12.6. The molecule has 1 heterocycles. The van der Waals surface area contributed by atoms with E-state index in [1.54, 1.807) is 48.5 Å². The lowest BCUT2D eigenvalue weighted by atomic mass is 10.1. The minimum absolute atomic E-state index is 0.326. The van der Waals surface area contributed by atoms with E-state index < -0.39 is 5.97 Å². The maximum Gasteiger partial charge on any atom is 0.343 e. The number of nitrogens with one attached hydrogen (secondary N) is 1. The monoisotopic (exact) mass is 423 g/mol. The Labute approximate surface area is 185 Å². The van der Waals surface area contributed by atoms with Crippen LogP contribution >= 0.6 is 0 Å². The van der Waals surface area contributed by atoms with E-state index in [4.69, 9.17) is 4.74 Å². The SMILES string of the molecule is Cc1ccc(C(=O)Oc2cccc(/C=N\NC(=O)c3ccccc3-n3cccc3)c2)cc1. The molecule has 0 saturated heterocycles. The summed E-state index contributed by atoms with van der Waals surface area (Å²) >= 11 is 0. The van der Waals surface area contributed by atoms with Gasteiger partial charge in [-0.2, -0.15) is 5.10 Å². The van der Waals surface area contributed by atoms with Crippen LogP contribution < -0.4 is 10.2 Å². The van der Waals surface area contributed by atoms with E-state index >= 15 is 0 Å². The number of ether oxygens (including phenoxy) is 1. The van der Waals surface area contributed by atoms with Crippen molar-refractivity contribution < 1.29 is 14.3 Å². The molecule has 0 fully saturated rings. The third-order valence-electron chi connectivity index (χ3n) is 4.77. The lowest BCUT2D eigenvalue weighted by Crippen LogP contribution is -2.19. The van der Waals surface area contributed by atoms with Gasteiger partial charge in [-0.15, -0.1) is 0 Å². The highest BCUT2D eigenvalue weighted by molar-refractivity contribution is 5.98. The predicted octanol–water partition coefficient (Wildman–Crippen LogP) is 4.77. The van der Waals surface area contributed by atoms with Crippen molar-refractivity contribution in [3.05, 3.63) is 120 Å². The number of carbonyl (C=O) groups is 2. The Morgan fingerprint density at radius 2 is 1.66 bits per heavy atom. The molecule has 1 amide bonds. The molecule has 6 heteroatoms. The second kappa shape index (κ2) is 9.57. The largest absolute Gasteiger partial charge is 0.423 e. The Morgan fingerprint density at radius 3 is 2.44 bits per heavy atom. The topological polar surface area (TPSA) is 72.7 Å². The van der Waals surface area contributed by atoms with Gasteiger partial charge in [-0.1, -0.05) is 42.0 Å². The summed E-state index contributed by atoms with van der Waals surface area (Å²) in [6.45, 7) is 1.95. The molecule has 0 atom stereocenters. The minimum Gasteiger partial charge on any atom is -0.423 e. The predicted molar refractivity (Wildman–Crippen MR) is 123 cm³/mol. The number of benzene rings is 3. The van der Waals surface area contributed by atoms with Crippen molar-refractivity contribution in [1.82, 2.24) is 9.99 Å². The van der Waals surface area contributed by atoms with E-state index in [9.17, 15) is 9.59 Å². The minimum atomic E-state index is -0.436. The molecule has 158 valence electrons. The third-order valence-corrected chi connectivity index (χ3v) is 4.77. The van der Waals surface area contributed by atoms with Crippen LogP contribution in [-0.4, -0.2) is 22.7 Å². The van der Waals surface area contributed by atoms with Crippen LogP contribution in [0.25, 0.3) is 5.69 Å². The molecular formula is C26H21N3O3. The van der Waals surface area contributed by atoms with Crippen LogP contribution in [-0.2, 0) is 0 Å². The van der Waals surface area contributed by atoms with Crippen molar-refractivity contribution in [1.29, 1.82) is 0 Å². The van der Waals surface area contributed by atoms with E-state index in [1.807, 2.05) is 60.3 Å². The number of hydrogen-bond donors (Lipinski definition) is 1. The standard InChI is InChI=1S/C26H21N3O3/c1-19-11-13-21(14-12-19)26(31)32-22-8-6-7-20(17-22)18-27-28-25(30)23-9-2-3-10-24(23)29-15-4-5-16-29/h2-18H,1H3,(H,28,30)/b27-18-. The summed E-state index contributed by atoms with van der Waals surface area (Å²) in [7, 11) is 0. The van der Waals surface area contributed by atoms with Gasteiger partial charge >= 0.3 is 5.97 Å². The lowest BCUT2D eigenvalue weighted by Gasteiger charge is -2.09. The van der Waals surface area contributed by atoms with Gasteiger partial charge in [0, 0.05) is 12.4 Å². The highest BCUT2D eigenvalue weighted by atomic mass is 16.5. The molecule has 0 aliphatic heterocycles. The fourth-order valence-electron chi connectivity index (χ4n) is 3.13. The molecule has 0 bridgehead atoms. The number of rotatable bonds is 6. The van der Waals surface area contributed by atoms with Crippen molar-refractivity contribution in [3.8, 4) is 11.4 Å². The van der Waals surface area contributed by atoms with Crippen molar-refractivity contribution in [2.75, 3.05) is 0 Å². The first-order valence-corrected chi connectivity index (χ1v) is 10.0. The van der Waals surface area contributed by atoms with E-state index in [-0.39, 0.29) is 5.91 Å². The fourth-order valence-corrected chi connectivity index (χ4v) is 3.13. The Bertz CT molecular complexity index is 1260. The van der Waals surface area contributed by atoms with Crippen LogP contribution in [0.3, 0.4) is 0 Å². The van der Waals surface area contributed by atoms with Gasteiger partial charge in [-0.3, -0.25) is 4.79 Å². The highest BCUT2D eigenvalue weighted by Crippen LogP contribution is 2.16. The fraction of sp³-hybridized carbons (Fsp3) is 0.0385. The summed E-state index contributed by atoms with van der Waals surface area (Å²) in [4.78, 5) is 24.9. The molecule has 6 nitrogen and oxygen atoms in total. The van der Waals surface area contributed by atoms with Gasteiger partial charge in [0.25, 0.3) is 5.91 Å². The van der Waals surface area contributed by atoms with Crippen molar-refractivity contribution in [2.45, 2.75) is 6.92 Å². The summed E-state index contributed by atoms with van der Waals surface area (Å²) in [5.41, 5.74) is 6.03. The molecule has 4 aromatic rings. The summed E-state index contributed by atoms with van der Waals surface area (Å²) in [5.74, 6) is -0.370. The van der Waals surface area contributed by atoms with E-state index in [0.29, 0.717) is 22.4 Å². The maximum atomic E-state index is 12.6. The molecule has 3 aromatic carbocycles. The smallest absolute Gasteiger partial charge is 0.343 e. The second-order valence-corrected chi connectivity index (χ2v) is 7.13. The number of amides is 1. The van der Waals surface area contributed by atoms with Crippen molar-refractivity contribution in [2.24, 2.45) is 5.10 Å². The van der Waals surface area contributed by atoms with Gasteiger partial charge < -0.3 is 9.30 Å². The molecule has 4 rings (SSSR count). The van der Waals surface area contributed by atoms with Gasteiger partial charge in [0.15, 0.2) is 0 Å². The van der Waals surface area contributed by atoms with Crippen molar-refractivity contribution in [3.63, 3.8) is 0 Å². The van der Waals surface area contributed by atoms with Gasteiger partial charge in [-0.25, -0.2) is 10.2 Å². The number of carbonyl (C=O) groups excluding carboxylic acids is 2. The van der Waals surface area contributed by atoms with Crippen LogP contribution in [0.5, 0.6) is 5.75 Å². The zero-order valence-corrected chi connectivity index (χ0v) is 17.4. The third kappa shape index (κ3) is 4.99. The van der Waals surface area contributed by atoms with Crippen LogP contribution in [0.4, 0.5) is 0 Å². The quantitative estimate of drug-likeness (QED) is 0.210. The number of hydrazone groups is 1. The Morgan fingerprint density at radius 1 is 0.906 bits per heavy atom. The van der Waals surface area contributed by atoms with E-state index in [1.165, 1.54) is 6.21 Å². The highest BCUT2D eigenvalue weighted by Gasteiger charge is 2.11. The van der Waals surface area contributed by atoms with E-state index in [0.717, 1.165) is 11.3 Å². The number of esters is 1. The number of hydrogen-bond acceptors (Lipinski definition) is 4. The number of para-hydroxylation sites is 1. The molecule has 0 aliphatic carbocycles. The molecule has 32 heavy (non-hydrogen) atoms. The van der Waals surface area contributed by atoms with Crippen molar-refractivity contribution >= 4 is 18.1 Å². The normalized spacial score (nSPS) is 10.8. The van der Waals surface area contributed by atoms with Gasteiger partial charge in [0.1, 0.15) is 5.75 Å². The molecule has 0 aliphatic rings. The van der Waals surface area contributed by atoms with Crippen LogP contribution in [0.15, 0.2) is 102 Å². The Balaban J connectivity index is 1.42. The first kappa shape index (κ1) is 20.8. The summed E-state index contributed by atoms with van der Waals surface area (Å²) in [6.07, 6.45) is 5.25. The van der Waals surface area contributed by atoms with Gasteiger partial charge in [0.2, 0.25) is 0 Å². The zero-order valence-electron chi connectivity index (χ0n) is 17.4. The first-order chi connectivity index (χ1) is 15.6. The molecular weight excluding hydrogens is 402 g/mol.